The quantitative estimate of drug-likeness (QED) is 0.583. The summed E-state index contributed by atoms with van der Waals surface area (Å²) in [6, 6.07) is 4.35. The zero-order valence-corrected chi connectivity index (χ0v) is 18.7. The summed E-state index contributed by atoms with van der Waals surface area (Å²) in [4.78, 5) is 11.4. The molecule has 3 aromatic rings. The molecule has 9 heteroatoms. The van der Waals surface area contributed by atoms with E-state index in [0.29, 0.717) is 27.9 Å². The van der Waals surface area contributed by atoms with Crippen molar-refractivity contribution in [2.24, 2.45) is 11.8 Å². The summed E-state index contributed by atoms with van der Waals surface area (Å²) >= 11 is 13.1. The standard InChI is InChI=1S/C22H24Cl2N6O/c1-22(31)13-2-3-14(22)11-29(10-13)19-7-17-12(6-16(19)23)8-25-21(27-17)28-18-9-26-30(20(18)24)15-4-5-15/h6-9,13-15,31H,2-5,10-11H2,1H3,(H,25,27,28)/t13-,14+,22+. The van der Waals surface area contributed by atoms with Crippen LogP contribution in [0.25, 0.3) is 10.9 Å². The molecule has 162 valence electrons. The predicted molar refractivity (Wildman–Crippen MR) is 122 cm³/mol. The van der Waals surface area contributed by atoms with Gasteiger partial charge in [-0.2, -0.15) is 5.10 Å². The van der Waals surface area contributed by atoms with Crippen molar-refractivity contribution in [3.63, 3.8) is 0 Å². The number of aromatic nitrogens is 4. The Bertz CT molecular complexity index is 1160. The Morgan fingerprint density at radius 1 is 1.10 bits per heavy atom. The van der Waals surface area contributed by atoms with Crippen LogP contribution in [0.2, 0.25) is 10.2 Å². The van der Waals surface area contributed by atoms with Gasteiger partial charge in [0.1, 0.15) is 0 Å². The molecule has 2 N–H and O–H groups in total. The molecule has 6 rings (SSSR count). The molecule has 3 fully saturated rings. The Labute approximate surface area is 190 Å². The van der Waals surface area contributed by atoms with Crippen LogP contribution in [0.15, 0.2) is 24.5 Å². The van der Waals surface area contributed by atoms with Crippen molar-refractivity contribution >= 4 is 51.4 Å². The number of benzene rings is 1. The molecular formula is C22H24Cl2N6O. The molecule has 3 atom stereocenters. The maximum Gasteiger partial charge on any atom is 0.227 e. The Hall–Kier alpha value is -2.09. The highest BCUT2D eigenvalue weighted by Crippen LogP contribution is 2.47. The molecule has 2 aliphatic carbocycles. The molecule has 0 unspecified atom stereocenters. The molecule has 1 aliphatic heterocycles. The van der Waals surface area contributed by atoms with Gasteiger partial charge in [0.05, 0.1) is 39.8 Å². The molecule has 3 aliphatic rings. The van der Waals surface area contributed by atoms with Crippen molar-refractivity contribution in [2.75, 3.05) is 23.3 Å². The maximum absolute atomic E-state index is 10.8. The zero-order chi connectivity index (χ0) is 21.3. The lowest BCUT2D eigenvalue weighted by Crippen LogP contribution is -2.52. The summed E-state index contributed by atoms with van der Waals surface area (Å²) in [6.45, 7) is 3.60. The number of nitrogens with one attached hydrogen (secondary N) is 1. The van der Waals surface area contributed by atoms with Gasteiger partial charge < -0.3 is 15.3 Å². The molecule has 2 saturated carbocycles. The first kappa shape index (κ1) is 19.6. The summed E-state index contributed by atoms with van der Waals surface area (Å²) in [5.41, 5.74) is 1.90. The van der Waals surface area contributed by atoms with Gasteiger partial charge in [-0.3, -0.25) is 0 Å². The van der Waals surface area contributed by atoms with Gasteiger partial charge in [0.2, 0.25) is 5.95 Å². The Kier molecular flexibility index (Phi) is 4.39. The van der Waals surface area contributed by atoms with E-state index in [-0.39, 0.29) is 11.8 Å². The molecule has 2 bridgehead atoms. The molecule has 7 nitrogen and oxygen atoms in total. The minimum atomic E-state index is -0.580. The maximum atomic E-state index is 10.8. The second-order valence-corrected chi connectivity index (χ2v) is 10.1. The van der Waals surface area contributed by atoms with Crippen LogP contribution in [-0.2, 0) is 0 Å². The summed E-state index contributed by atoms with van der Waals surface area (Å²) in [6.07, 6.45) is 7.84. The number of piperidine rings is 1. The molecule has 2 aromatic heterocycles. The average Bonchev–Trinajstić information content (AvgIpc) is 3.50. The van der Waals surface area contributed by atoms with E-state index >= 15 is 0 Å². The molecule has 31 heavy (non-hydrogen) atoms. The van der Waals surface area contributed by atoms with Crippen LogP contribution >= 0.6 is 23.2 Å². The molecule has 0 amide bonds. The number of hydrogen-bond acceptors (Lipinski definition) is 6. The van der Waals surface area contributed by atoms with E-state index in [4.69, 9.17) is 28.2 Å². The summed E-state index contributed by atoms with van der Waals surface area (Å²) in [5, 5.41) is 20.5. The fourth-order valence-corrected chi connectivity index (χ4v) is 5.71. The van der Waals surface area contributed by atoms with Crippen LogP contribution in [0.5, 0.6) is 0 Å². The van der Waals surface area contributed by atoms with Gasteiger partial charge in [-0.05, 0) is 44.7 Å². The average molecular weight is 459 g/mol. The third-order valence-corrected chi connectivity index (χ3v) is 7.94. The second kappa shape index (κ2) is 6.95. The number of rotatable bonds is 4. The van der Waals surface area contributed by atoms with Crippen LogP contribution < -0.4 is 10.2 Å². The van der Waals surface area contributed by atoms with Gasteiger partial charge >= 0.3 is 0 Å². The fourth-order valence-electron chi connectivity index (χ4n) is 5.14. The van der Waals surface area contributed by atoms with Crippen LogP contribution in [0, 0.1) is 11.8 Å². The summed E-state index contributed by atoms with van der Waals surface area (Å²) in [5.74, 6) is 1.01. The minimum Gasteiger partial charge on any atom is -0.389 e. The SMILES string of the molecule is C[C@]1(O)[C@@H]2CC[C@H]1CN(c1cc3nc(Nc4cnn(C5CC5)c4Cl)ncc3cc1Cl)C2. The van der Waals surface area contributed by atoms with Crippen molar-refractivity contribution in [3.8, 4) is 0 Å². The third kappa shape index (κ3) is 3.25. The van der Waals surface area contributed by atoms with Crippen molar-refractivity contribution in [1.82, 2.24) is 19.7 Å². The number of aliphatic hydroxyl groups is 1. The van der Waals surface area contributed by atoms with Gasteiger partial charge in [0.15, 0.2) is 5.15 Å². The zero-order valence-electron chi connectivity index (χ0n) is 17.2. The molecule has 3 heterocycles. The van der Waals surface area contributed by atoms with Crippen LogP contribution in [0.1, 0.15) is 38.6 Å². The summed E-state index contributed by atoms with van der Waals surface area (Å²) < 4.78 is 1.85. The number of fused-ring (bicyclic) bond motifs is 3. The van der Waals surface area contributed by atoms with Gasteiger partial charge in [-0.1, -0.05) is 23.2 Å². The first-order valence-electron chi connectivity index (χ1n) is 10.8. The number of hydrogen-bond donors (Lipinski definition) is 2. The predicted octanol–water partition coefficient (Wildman–Crippen LogP) is 4.81. The van der Waals surface area contributed by atoms with Gasteiger partial charge in [0, 0.05) is 36.5 Å². The van der Waals surface area contributed by atoms with Crippen molar-refractivity contribution < 1.29 is 5.11 Å². The molecule has 0 spiro atoms. The smallest absolute Gasteiger partial charge is 0.227 e. The molecule has 1 aromatic carbocycles. The normalized spacial score (nSPS) is 27.8. The molecule has 1 saturated heterocycles. The Morgan fingerprint density at radius 2 is 1.84 bits per heavy atom. The van der Waals surface area contributed by atoms with E-state index in [2.05, 4.69) is 20.3 Å². The van der Waals surface area contributed by atoms with E-state index in [1.807, 2.05) is 23.7 Å². The number of halogens is 2. The van der Waals surface area contributed by atoms with E-state index < -0.39 is 5.60 Å². The van der Waals surface area contributed by atoms with Crippen LogP contribution in [0.3, 0.4) is 0 Å². The van der Waals surface area contributed by atoms with E-state index in [1.165, 1.54) is 0 Å². The lowest BCUT2D eigenvalue weighted by atomic mass is 9.82. The highest BCUT2D eigenvalue weighted by atomic mass is 35.5. The minimum absolute atomic E-state index is 0.269. The van der Waals surface area contributed by atoms with Crippen molar-refractivity contribution in [1.29, 1.82) is 0 Å². The first-order chi connectivity index (χ1) is 14.9. The van der Waals surface area contributed by atoms with Gasteiger partial charge in [-0.15, -0.1) is 0 Å². The second-order valence-electron chi connectivity index (χ2n) is 9.31. The van der Waals surface area contributed by atoms with Crippen LogP contribution in [-0.4, -0.2) is 43.5 Å². The van der Waals surface area contributed by atoms with Gasteiger partial charge in [-0.25, -0.2) is 14.6 Å². The molecule has 0 radical (unpaired) electrons. The topological polar surface area (TPSA) is 79.1 Å². The van der Waals surface area contributed by atoms with Crippen LogP contribution in [0.4, 0.5) is 17.3 Å². The van der Waals surface area contributed by atoms with E-state index in [1.54, 1.807) is 12.4 Å². The van der Waals surface area contributed by atoms with E-state index in [9.17, 15) is 5.11 Å². The number of anilines is 3. The van der Waals surface area contributed by atoms with Gasteiger partial charge in [0.25, 0.3) is 0 Å². The van der Waals surface area contributed by atoms with Crippen molar-refractivity contribution in [2.45, 2.75) is 44.2 Å². The highest BCUT2D eigenvalue weighted by Gasteiger charge is 2.50. The Morgan fingerprint density at radius 3 is 2.55 bits per heavy atom. The lowest BCUT2D eigenvalue weighted by molar-refractivity contribution is -0.0271. The third-order valence-electron chi connectivity index (χ3n) is 7.26. The number of nitrogens with zero attached hydrogens (tertiary/aromatic N) is 5. The first-order valence-corrected chi connectivity index (χ1v) is 11.6. The summed E-state index contributed by atoms with van der Waals surface area (Å²) in [7, 11) is 0. The fraction of sp³-hybridized carbons (Fsp3) is 0.500. The Balaban J connectivity index is 1.30. The van der Waals surface area contributed by atoms with Crippen molar-refractivity contribution in [3.05, 3.63) is 34.7 Å². The monoisotopic (exact) mass is 458 g/mol. The largest absolute Gasteiger partial charge is 0.389 e. The highest BCUT2D eigenvalue weighted by molar-refractivity contribution is 6.34. The molecular weight excluding hydrogens is 435 g/mol. The lowest BCUT2D eigenvalue weighted by Gasteiger charge is -2.43. The van der Waals surface area contributed by atoms with E-state index in [0.717, 1.165) is 55.4 Å².